The topological polar surface area (TPSA) is 79.5 Å². The van der Waals surface area contributed by atoms with Gasteiger partial charge in [0.2, 0.25) is 5.96 Å². The number of guanidine groups is 1. The van der Waals surface area contributed by atoms with E-state index in [0.717, 1.165) is 23.2 Å². The third-order valence-electron chi connectivity index (χ3n) is 5.40. The third kappa shape index (κ3) is 3.48. The fraction of sp³-hybridized carbons (Fsp3) is 0.261. The van der Waals surface area contributed by atoms with Crippen LogP contribution in [-0.2, 0) is 4.79 Å². The summed E-state index contributed by atoms with van der Waals surface area (Å²) in [4.78, 5) is 22.3. The first-order valence-corrected chi connectivity index (χ1v) is 10.2. The summed E-state index contributed by atoms with van der Waals surface area (Å²) in [5.41, 5.74) is 3.80. The summed E-state index contributed by atoms with van der Waals surface area (Å²) < 4.78 is 5.78. The van der Waals surface area contributed by atoms with Crippen molar-refractivity contribution in [3.63, 3.8) is 0 Å². The van der Waals surface area contributed by atoms with Crippen LogP contribution in [0.3, 0.4) is 0 Å². The molecular weight excluding hydrogens is 400 g/mol. The molecule has 30 heavy (non-hydrogen) atoms. The molecule has 1 aromatic heterocycles. The highest BCUT2D eigenvalue weighted by atomic mass is 35.5. The number of para-hydroxylation sites is 2. The Morgan fingerprint density at radius 1 is 1.17 bits per heavy atom. The molecule has 0 spiro atoms. The van der Waals surface area contributed by atoms with Crippen molar-refractivity contribution < 1.29 is 9.21 Å². The van der Waals surface area contributed by atoms with Crippen molar-refractivity contribution >= 4 is 40.5 Å². The molecule has 0 saturated heterocycles. The van der Waals surface area contributed by atoms with Crippen molar-refractivity contribution in [2.45, 2.75) is 32.7 Å². The predicted molar refractivity (Wildman–Crippen MR) is 117 cm³/mol. The normalized spacial score (nSPS) is 20.6. The van der Waals surface area contributed by atoms with Gasteiger partial charge in [-0.15, -0.1) is 0 Å². The van der Waals surface area contributed by atoms with E-state index in [4.69, 9.17) is 21.0 Å². The van der Waals surface area contributed by atoms with Crippen molar-refractivity contribution in [1.82, 2.24) is 10.3 Å². The minimum atomic E-state index is -0.435. The molecule has 1 atom stereocenters. The van der Waals surface area contributed by atoms with Crippen molar-refractivity contribution in [3.8, 4) is 0 Å². The van der Waals surface area contributed by atoms with E-state index in [1.54, 1.807) is 0 Å². The number of aliphatic imine (C=N–C) groups is 1. The largest absolute Gasteiger partial charge is 0.423 e. The number of hydrogen-bond donors (Lipinski definition) is 2. The van der Waals surface area contributed by atoms with Gasteiger partial charge in [0, 0.05) is 22.7 Å². The summed E-state index contributed by atoms with van der Waals surface area (Å²) in [6.45, 7) is 4.20. The van der Waals surface area contributed by atoms with E-state index in [0.29, 0.717) is 34.6 Å². The van der Waals surface area contributed by atoms with Gasteiger partial charge in [-0.05, 0) is 41.7 Å². The number of oxazole rings is 1. The minimum absolute atomic E-state index is 0.114. The number of carbonyl (C=O) groups excluding carboxylic acids is 1. The zero-order valence-corrected chi connectivity index (χ0v) is 17.5. The van der Waals surface area contributed by atoms with E-state index in [1.807, 2.05) is 48.5 Å². The SMILES string of the molecule is CC1(C)CC(=O)C2=C(C1)NC(Nc1nc3ccccc3o1)=N[C@@H]2c1cccc(Cl)c1. The number of nitrogens with one attached hydrogen (secondary N) is 2. The van der Waals surface area contributed by atoms with Crippen LogP contribution in [0.25, 0.3) is 11.1 Å². The second-order valence-electron chi connectivity index (χ2n) is 8.51. The molecule has 0 radical (unpaired) electrons. The summed E-state index contributed by atoms with van der Waals surface area (Å²) in [7, 11) is 0. The van der Waals surface area contributed by atoms with Crippen LogP contribution in [-0.4, -0.2) is 16.7 Å². The summed E-state index contributed by atoms with van der Waals surface area (Å²) in [6, 6.07) is 15.0. The molecule has 0 saturated carbocycles. The summed E-state index contributed by atoms with van der Waals surface area (Å²) >= 11 is 6.23. The molecule has 2 N–H and O–H groups in total. The van der Waals surface area contributed by atoms with Gasteiger partial charge in [0.1, 0.15) is 11.6 Å². The molecule has 0 unspecified atom stereocenters. The lowest BCUT2D eigenvalue weighted by Crippen LogP contribution is -2.41. The molecule has 152 valence electrons. The number of Topliss-reactive ketones (excluding diaryl/α,β-unsaturated/α-hetero) is 1. The predicted octanol–water partition coefficient (Wildman–Crippen LogP) is 5.24. The molecule has 1 aliphatic heterocycles. The number of rotatable bonds is 2. The van der Waals surface area contributed by atoms with Crippen LogP contribution in [0.5, 0.6) is 0 Å². The maximum atomic E-state index is 13.0. The number of nitrogens with zero attached hydrogens (tertiary/aromatic N) is 2. The highest BCUT2D eigenvalue weighted by Gasteiger charge is 2.39. The zero-order valence-electron chi connectivity index (χ0n) is 16.7. The Morgan fingerprint density at radius 3 is 2.80 bits per heavy atom. The van der Waals surface area contributed by atoms with Gasteiger partial charge in [-0.25, -0.2) is 4.99 Å². The molecule has 7 heteroatoms. The average molecular weight is 421 g/mol. The van der Waals surface area contributed by atoms with Gasteiger partial charge in [0.15, 0.2) is 11.4 Å². The van der Waals surface area contributed by atoms with Crippen molar-refractivity contribution in [1.29, 1.82) is 0 Å². The lowest BCUT2D eigenvalue weighted by Gasteiger charge is -2.37. The highest BCUT2D eigenvalue weighted by molar-refractivity contribution is 6.30. The van der Waals surface area contributed by atoms with Gasteiger partial charge in [-0.1, -0.05) is 49.7 Å². The molecule has 0 amide bonds. The molecule has 1 aliphatic carbocycles. The number of ketones is 1. The summed E-state index contributed by atoms with van der Waals surface area (Å²) in [5.74, 6) is 0.610. The number of anilines is 1. The molecule has 2 aromatic carbocycles. The van der Waals surface area contributed by atoms with Crippen LogP contribution in [0.1, 0.15) is 38.3 Å². The lowest BCUT2D eigenvalue weighted by atomic mass is 9.73. The molecular formula is C23H21ClN4O2. The summed E-state index contributed by atoms with van der Waals surface area (Å²) in [6.07, 6.45) is 1.24. The van der Waals surface area contributed by atoms with Gasteiger partial charge < -0.3 is 9.73 Å². The molecule has 3 aromatic rings. The number of carbonyl (C=O) groups is 1. The van der Waals surface area contributed by atoms with Crippen LogP contribution >= 0.6 is 11.6 Å². The van der Waals surface area contributed by atoms with Gasteiger partial charge >= 0.3 is 6.01 Å². The van der Waals surface area contributed by atoms with Crippen LogP contribution < -0.4 is 10.6 Å². The fourth-order valence-corrected chi connectivity index (χ4v) is 4.34. The second kappa shape index (κ2) is 6.99. The van der Waals surface area contributed by atoms with Gasteiger partial charge in [0.25, 0.3) is 0 Å². The first-order valence-electron chi connectivity index (χ1n) is 9.87. The zero-order chi connectivity index (χ0) is 20.9. The average Bonchev–Trinajstić information content (AvgIpc) is 3.08. The van der Waals surface area contributed by atoms with E-state index in [-0.39, 0.29) is 11.2 Å². The Balaban J connectivity index is 1.55. The van der Waals surface area contributed by atoms with Crippen LogP contribution in [0, 0.1) is 5.41 Å². The quantitative estimate of drug-likeness (QED) is 0.592. The second-order valence-corrected chi connectivity index (χ2v) is 8.94. The van der Waals surface area contributed by atoms with Crippen LogP contribution in [0.15, 0.2) is 69.2 Å². The first-order chi connectivity index (χ1) is 14.4. The fourth-order valence-electron chi connectivity index (χ4n) is 4.14. The Labute approximate surface area is 179 Å². The molecule has 0 bridgehead atoms. The molecule has 0 fully saturated rings. The third-order valence-corrected chi connectivity index (χ3v) is 5.64. The number of benzene rings is 2. The van der Waals surface area contributed by atoms with Gasteiger partial charge in [-0.3, -0.25) is 10.1 Å². The van der Waals surface area contributed by atoms with E-state index in [9.17, 15) is 4.79 Å². The molecule has 5 rings (SSSR count). The van der Waals surface area contributed by atoms with E-state index < -0.39 is 6.04 Å². The maximum Gasteiger partial charge on any atom is 0.302 e. The van der Waals surface area contributed by atoms with Crippen molar-refractivity contribution in [3.05, 3.63) is 70.4 Å². The Bertz CT molecular complexity index is 1190. The molecule has 6 nitrogen and oxygen atoms in total. The van der Waals surface area contributed by atoms with Gasteiger partial charge in [0.05, 0.1) is 0 Å². The van der Waals surface area contributed by atoms with Gasteiger partial charge in [-0.2, -0.15) is 4.98 Å². The van der Waals surface area contributed by atoms with Crippen LogP contribution in [0.4, 0.5) is 6.01 Å². The number of halogens is 1. The number of fused-ring (bicyclic) bond motifs is 1. The van der Waals surface area contributed by atoms with Crippen molar-refractivity contribution in [2.24, 2.45) is 10.4 Å². The minimum Gasteiger partial charge on any atom is -0.423 e. The Kier molecular flexibility index (Phi) is 4.40. The Hall–Kier alpha value is -3.12. The number of aromatic nitrogens is 1. The number of hydrogen-bond acceptors (Lipinski definition) is 6. The maximum absolute atomic E-state index is 13.0. The molecule has 2 heterocycles. The van der Waals surface area contributed by atoms with E-state index in [2.05, 4.69) is 29.5 Å². The highest BCUT2D eigenvalue weighted by Crippen LogP contribution is 2.43. The summed E-state index contributed by atoms with van der Waals surface area (Å²) in [5, 5.41) is 7.07. The smallest absolute Gasteiger partial charge is 0.302 e. The lowest BCUT2D eigenvalue weighted by molar-refractivity contribution is -0.118. The molecule has 2 aliphatic rings. The van der Waals surface area contributed by atoms with Crippen molar-refractivity contribution in [2.75, 3.05) is 5.32 Å². The Morgan fingerprint density at radius 2 is 2.00 bits per heavy atom. The standard InChI is InChI=1S/C23H21ClN4O2/c1-23(2)11-16-19(17(29)12-23)20(13-6-5-7-14(24)10-13)27-21(25-16)28-22-26-15-8-3-4-9-18(15)30-22/h3-10,20H,11-12H2,1-2H3,(H2,25,26,27,28)/t20-/m1/s1. The number of allylic oxidation sites excluding steroid dienone is 1. The van der Waals surface area contributed by atoms with Crippen LogP contribution in [0.2, 0.25) is 5.02 Å². The van der Waals surface area contributed by atoms with E-state index in [1.165, 1.54) is 0 Å². The first kappa shape index (κ1) is 18.9. The monoisotopic (exact) mass is 420 g/mol. The van der Waals surface area contributed by atoms with E-state index >= 15 is 0 Å².